The molecule has 3 aromatic rings. The van der Waals surface area contributed by atoms with Gasteiger partial charge in [0, 0.05) is 11.5 Å². The average molecular weight is 309 g/mol. The van der Waals surface area contributed by atoms with Crippen LogP contribution in [0.2, 0.25) is 0 Å². The molecule has 0 atom stereocenters. The second-order valence-corrected chi connectivity index (χ2v) is 8.19. The fourth-order valence-electron chi connectivity index (χ4n) is 2.77. The van der Waals surface area contributed by atoms with E-state index in [1.165, 1.54) is 26.4 Å². The number of hydrogen-bond acceptors (Lipinski definition) is 2. The van der Waals surface area contributed by atoms with E-state index in [9.17, 15) is 0 Å². The van der Waals surface area contributed by atoms with Crippen LogP contribution in [0.4, 0.5) is 0 Å². The molecule has 1 nitrogen and oxygen atoms in total. The summed E-state index contributed by atoms with van der Waals surface area (Å²) in [6.07, 6.45) is 0. The van der Waals surface area contributed by atoms with Gasteiger partial charge in [-0.3, -0.25) is 0 Å². The minimum atomic E-state index is 0.112. The highest BCUT2D eigenvalue weighted by molar-refractivity contribution is 7.19. The summed E-state index contributed by atoms with van der Waals surface area (Å²) in [5.74, 6) is 0.471. The van der Waals surface area contributed by atoms with Crippen molar-refractivity contribution >= 4 is 21.6 Å². The van der Waals surface area contributed by atoms with Gasteiger partial charge >= 0.3 is 0 Å². The van der Waals surface area contributed by atoms with Crippen molar-refractivity contribution in [3.63, 3.8) is 0 Å². The Morgan fingerprint density at radius 1 is 0.955 bits per heavy atom. The minimum absolute atomic E-state index is 0.112. The van der Waals surface area contributed by atoms with Gasteiger partial charge in [-0.05, 0) is 22.6 Å². The molecule has 0 aliphatic rings. The highest BCUT2D eigenvalue weighted by Gasteiger charge is 2.22. The number of hydrogen-bond donors (Lipinski definition) is 0. The number of fused-ring (bicyclic) bond motifs is 1. The van der Waals surface area contributed by atoms with E-state index in [0.717, 1.165) is 5.52 Å². The summed E-state index contributed by atoms with van der Waals surface area (Å²) < 4.78 is 1.32. The van der Waals surface area contributed by atoms with Crippen LogP contribution in [0.3, 0.4) is 0 Å². The Morgan fingerprint density at radius 2 is 1.64 bits per heavy atom. The molecule has 0 aliphatic carbocycles. The fraction of sp³-hybridized carbons (Fsp3) is 0.350. The summed E-state index contributed by atoms with van der Waals surface area (Å²) in [6, 6.07) is 15.2. The molecular formula is C20H23NS. The van der Waals surface area contributed by atoms with Gasteiger partial charge in [-0.1, -0.05) is 71.0 Å². The first-order chi connectivity index (χ1) is 10.4. The zero-order valence-corrected chi connectivity index (χ0v) is 14.8. The van der Waals surface area contributed by atoms with Crippen LogP contribution in [0.1, 0.15) is 51.1 Å². The number of benzene rings is 2. The average Bonchev–Trinajstić information content (AvgIpc) is 2.90. The number of rotatable bonds is 2. The summed E-state index contributed by atoms with van der Waals surface area (Å²) in [4.78, 5) is 4.84. The zero-order chi connectivity index (χ0) is 15.9. The summed E-state index contributed by atoms with van der Waals surface area (Å²) in [6.45, 7) is 11.3. The van der Waals surface area contributed by atoms with Crippen LogP contribution in [-0.4, -0.2) is 4.98 Å². The lowest BCUT2D eigenvalue weighted by Crippen LogP contribution is -2.12. The largest absolute Gasteiger partial charge is 0.241 e. The van der Waals surface area contributed by atoms with Gasteiger partial charge in [0.25, 0.3) is 0 Å². The van der Waals surface area contributed by atoms with Crippen LogP contribution in [0, 0.1) is 0 Å². The van der Waals surface area contributed by atoms with Gasteiger partial charge in [-0.2, -0.15) is 0 Å². The first-order valence-corrected chi connectivity index (χ1v) is 8.69. The molecule has 2 heteroatoms. The molecule has 0 N–H and O–H groups in total. The third-order valence-corrected chi connectivity index (χ3v) is 5.33. The van der Waals surface area contributed by atoms with E-state index >= 15 is 0 Å². The maximum absolute atomic E-state index is 4.84. The highest BCUT2D eigenvalue weighted by Crippen LogP contribution is 2.41. The van der Waals surface area contributed by atoms with Crippen LogP contribution in [-0.2, 0) is 5.41 Å². The SMILES string of the molecule is CC(C)c1nc2ccc(C(C)(C)C)c(-c3ccccc3)c2s1. The molecule has 0 spiro atoms. The maximum Gasteiger partial charge on any atom is 0.0964 e. The Bertz CT molecular complexity index is 792. The third kappa shape index (κ3) is 2.68. The number of aromatic nitrogens is 1. The minimum Gasteiger partial charge on any atom is -0.241 e. The highest BCUT2D eigenvalue weighted by atomic mass is 32.1. The van der Waals surface area contributed by atoms with E-state index in [1.54, 1.807) is 0 Å². The molecule has 0 fully saturated rings. The predicted molar refractivity (Wildman–Crippen MR) is 97.8 cm³/mol. The molecule has 1 aromatic heterocycles. The Morgan fingerprint density at radius 3 is 2.23 bits per heavy atom. The molecule has 0 radical (unpaired) electrons. The molecule has 0 aliphatic heterocycles. The predicted octanol–water partition coefficient (Wildman–Crippen LogP) is 6.38. The van der Waals surface area contributed by atoms with Gasteiger partial charge in [-0.25, -0.2) is 4.98 Å². The maximum atomic E-state index is 4.84. The Hall–Kier alpha value is -1.67. The summed E-state index contributed by atoms with van der Waals surface area (Å²) in [5, 5.41) is 1.22. The van der Waals surface area contributed by atoms with Crippen LogP contribution in [0.25, 0.3) is 21.3 Å². The van der Waals surface area contributed by atoms with Crippen molar-refractivity contribution in [1.29, 1.82) is 0 Å². The number of thiazole rings is 1. The first-order valence-electron chi connectivity index (χ1n) is 7.87. The van der Waals surface area contributed by atoms with Crippen molar-refractivity contribution in [2.45, 2.75) is 46.0 Å². The second-order valence-electron chi connectivity index (χ2n) is 7.16. The smallest absolute Gasteiger partial charge is 0.0964 e. The van der Waals surface area contributed by atoms with E-state index in [0.29, 0.717) is 5.92 Å². The van der Waals surface area contributed by atoms with Crippen molar-refractivity contribution in [3.8, 4) is 11.1 Å². The summed E-state index contributed by atoms with van der Waals surface area (Å²) in [5.41, 5.74) is 5.28. The Balaban J connectivity index is 2.37. The van der Waals surface area contributed by atoms with Gasteiger partial charge in [0.2, 0.25) is 0 Å². The van der Waals surface area contributed by atoms with E-state index in [4.69, 9.17) is 4.98 Å². The van der Waals surface area contributed by atoms with Crippen molar-refractivity contribution in [1.82, 2.24) is 4.98 Å². The van der Waals surface area contributed by atoms with Crippen LogP contribution < -0.4 is 0 Å². The molecule has 3 rings (SSSR count). The topological polar surface area (TPSA) is 12.9 Å². The second kappa shape index (κ2) is 5.51. The van der Waals surface area contributed by atoms with Crippen molar-refractivity contribution in [2.24, 2.45) is 0 Å². The summed E-state index contributed by atoms with van der Waals surface area (Å²) >= 11 is 1.85. The van der Waals surface area contributed by atoms with E-state index in [-0.39, 0.29) is 5.41 Å². The normalized spacial score (nSPS) is 12.3. The molecule has 2 aromatic carbocycles. The standard InChI is InChI=1S/C20H23NS/c1-13(2)19-21-16-12-11-15(20(3,4)5)17(18(16)22-19)14-9-7-6-8-10-14/h6-13H,1-5H3. The Kier molecular flexibility index (Phi) is 3.82. The molecule has 114 valence electrons. The van der Waals surface area contributed by atoms with Gasteiger partial charge < -0.3 is 0 Å². The molecule has 0 bridgehead atoms. The zero-order valence-electron chi connectivity index (χ0n) is 14.0. The quantitative estimate of drug-likeness (QED) is 0.535. The Labute approximate surface area is 137 Å². The molecule has 0 amide bonds. The molecular weight excluding hydrogens is 286 g/mol. The lowest BCUT2D eigenvalue weighted by Gasteiger charge is -2.23. The molecule has 0 unspecified atom stereocenters. The van der Waals surface area contributed by atoms with Crippen molar-refractivity contribution in [2.75, 3.05) is 0 Å². The molecule has 1 heterocycles. The van der Waals surface area contributed by atoms with E-state index < -0.39 is 0 Å². The third-order valence-electron chi connectivity index (χ3n) is 3.94. The lowest BCUT2D eigenvalue weighted by atomic mass is 9.81. The van der Waals surface area contributed by atoms with Gasteiger partial charge in [0.05, 0.1) is 15.2 Å². The number of nitrogens with zero attached hydrogens (tertiary/aromatic N) is 1. The van der Waals surface area contributed by atoms with Crippen LogP contribution >= 0.6 is 11.3 Å². The van der Waals surface area contributed by atoms with Crippen LogP contribution in [0.15, 0.2) is 42.5 Å². The summed E-state index contributed by atoms with van der Waals surface area (Å²) in [7, 11) is 0. The van der Waals surface area contributed by atoms with Crippen molar-refractivity contribution < 1.29 is 0 Å². The molecule has 0 saturated heterocycles. The molecule has 22 heavy (non-hydrogen) atoms. The monoisotopic (exact) mass is 309 g/mol. The van der Waals surface area contributed by atoms with Gasteiger partial charge in [0.1, 0.15) is 0 Å². The van der Waals surface area contributed by atoms with Gasteiger partial charge in [0.15, 0.2) is 0 Å². The first kappa shape index (κ1) is 15.2. The van der Waals surface area contributed by atoms with Crippen LogP contribution in [0.5, 0.6) is 0 Å². The lowest BCUT2D eigenvalue weighted by molar-refractivity contribution is 0.593. The van der Waals surface area contributed by atoms with Gasteiger partial charge in [-0.15, -0.1) is 11.3 Å². The van der Waals surface area contributed by atoms with E-state index in [1.807, 2.05) is 11.3 Å². The molecule has 0 saturated carbocycles. The van der Waals surface area contributed by atoms with Crippen molar-refractivity contribution in [3.05, 3.63) is 53.0 Å². The van der Waals surface area contributed by atoms with E-state index in [2.05, 4.69) is 77.1 Å². The fourth-order valence-corrected chi connectivity index (χ4v) is 3.91.